The Balaban J connectivity index is 0.000000202. The minimum atomic E-state index is -0.148. The van der Waals surface area contributed by atoms with Crippen molar-refractivity contribution in [2.24, 2.45) is 15.2 Å². The van der Waals surface area contributed by atoms with Crippen molar-refractivity contribution in [1.82, 2.24) is 15.0 Å². The lowest BCUT2D eigenvalue weighted by Gasteiger charge is -2.03. The molecule has 0 aliphatic rings. The van der Waals surface area contributed by atoms with Crippen LogP contribution in [-0.2, 0) is 6.42 Å². The number of fused-ring (bicyclic) bond motifs is 1. The van der Waals surface area contributed by atoms with E-state index in [1.54, 1.807) is 26.5 Å². The Morgan fingerprint density at radius 3 is 2.35 bits per heavy atom. The van der Waals surface area contributed by atoms with Gasteiger partial charge in [-0.15, -0.1) is 6.42 Å². The average molecular weight is 495 g/mol. The molecule has 0 saturated carbocycles. The fourth-order valence-corrected chi connectivity index (χ4v) is 3.23. The minimum Gasteiger partial charge on any atom is -0.306 e. The van der Waals surface area contributed by atoms with Crippen LogP contribution in [0.3, 0.4) is 0 Å². The van der Waals surface area contributed by atoms with E-state index >= 15 is 0 Å². The number of aryl methyl sites for hydroxylation is 3. The van der Waals surface area contributed by atoms with Gasteiger partial charge in [-0.2, -0.15) is 10.2 Å². The van der Waals surface area contributed by atoms with Crippen molar-refractivity contribution in [3.63, 3.8) is 0 Å². The van der Waals surface area contributed by atoms with Gasteiger partial charge in [-0.1, -0.05) is 31.0 Å². The molecule has 7 nitrogen and oxygen atoms in total. The van der Waals surface area contributed by atoms with E-state index in [4.69, 9.17) is 6.42 Å². The Kier molecular flexibility index (Phi) is 11.4. The second-order valence-electron chi connectivity index (χ2n) is 8.24. The summed E-state index contributed by atoms with van der Waals surface area (Å²) in [7, 11) is 3.39. The van der Waals surface area contributed by atoms with Gasteiger partial charge in [-0.25, -0.2) is 4.79 Å². The van der Waals surface area contributed by atoms with Crippen LogP contribution in [0.1, 0.15) is 41.8 Å². The van der Waals surface area contributed by atoms with Crippen LogP contribution in [0.2, 0.25) is 0 Å². The van der Waals surface area contributed by atoms with E-state index in [1.165, 1.54) is 5.56 Å². The third kappa shape index (κ3) is 9.19. The minimum absolute atomic E-state index is 0.148. The summed E-state index contributed by atoms with van der Waals surface area (Å²) >= 11 is 0. The molecule has 0 fully saturated rings. The van der Waals surface area contributed by atoms with Gasteiger partial charge in [0.05, 0.1) is 22.9 Å². The van der Waals surface area contributed by atoms with Crippen LogP contribution in [0.15, 0.2) is 80.8 Å². The van der Waals surface area contributed by atoms with E-state index in [9.17, 15) is 4.79 Å². The molecule has 0 unspecified atom stereocenters. The predicted octanol–water partition coefficient (Wildman–Crippen LogP) is 6.60. The molecule has 0 aliphatic heterocycles. The molecule has 190 valence electrons. The number of nitrogens with one attached hydrogen (secondary N) is 2. The van der Waals surface area contributed by atoms with E-state index in [0.717, 1.165) is 51.1 Å². The third-order valence-corrected chi connectivity index (χ3v) is 5.37. The van der Waals surface area contributed by atoms with Gasteiger partial charge in [0.1, 0.15) is 5.69 Å². The number of azo groups is 1. The van der Waals surface area contributed by atoms with Crippen molar-refractivity contribution >= 4 is 28.5 Å². The summed E-state index contributed by atoms with van der Waals surface area (Å²) in [6, 6.07) is 15.9. The van der Waals surface area contributed by atoms with E-state index in [-0.39, 0.29) is 5.69 Å². The summed E-state index contributed by atoms with van der Waals surface area (Å²) in [5, 5.41) is 7.73. The summed E-state index contributed by atoms with van der Waals surface area (Å²) in [5.74, 6) is 2.58. The van der Waals surface area contributed by atoms with Gasteiger partial charge in [-0.3, -0.25) is 9.98 Å². The summed E-state index contributed by atoms with van der Waals surface area (Å²) in [5.41, 5.74) is 8.91. The second-order valence-corrected chi connectivity index (χ2v) is 8.24. The molecule has 0 radical (unpaired) electrons. The normalized spacial score (nSPS) is 11.1. The van der Waals surface area contributed by atoms with Crippen molar-refractivity contribution in [1.29, 1.82) is 0 Å². The number of aromatic nitrogens is 3. The number of aromatic amines is 2. The Labute approximate surface area is 218 Å². The van der Waals surface area contributed by atoms with Crippen molar-refractivity contribution in [3.05, 3.63) is 99.2 Å². The lowest BCUT2D eigenvalue weighted by atomic mass is 10.1. The first-order valence-electron chi connectivity index (χ1n) is 11.9. The molecular weight excluding hydrogens is 460 g/mol. The third-order valence-electron chi connectivity index (χ3n) is 5.37. The number of hydrogen-bond acceptors (Lipinski definition) is 5. The topological polar surface area (TPSA) is 98.6 Å². The van der Waals surface area contributed by atoms with Gasteiger partial charge in [0.2, 0.25) is 0 Å². The first kappa shape index (κ1) is 28.7. The van der Waals surface area contributed by atoms with Gasteiger partial charge in [-0.05, 0) is 85.9 Å². The van der Waals surface area contributed by atoms with E-state index in [0.29, 0.717) is 0 Å². The smallest absolute Gasteiger partial charge is 0.306 e. The van der Waals surface area contributed by atoms with Crippen molar-refractivity contribution in [2.45, 2.75) is 34.1 Å². The lowest BCUT2D eigenvalue weighted by molar-refractivity contribution is 1.12. The van der Waals surface area contributed by atoms with Crippen molar-refractivity contribution < 1.29 is 0 Å². The Morgan fingerprint density at radius 1 is 1.05 bits per heavy atom. The summed E-state index contributed by atoms with van der Waals surface area (Å²) < 4.78 is 0. The maximum Gasteiger partial charge on any atom is 0.323 e. The summed E-state index contributed by atoms with van der Waals surface area (Å²) in [6.07, 6.45) is 11.7. The molecular formula is C30H34N6O. The largest absolute Gasteiger partial charge is 0.323 e. The van der Waals surface area contributed by atoms with E-state index in [2.05, 4.69) is 55.1 Å². The number of aliphatic imine (C=N–C) groups is 1. The van der Waals surface area contributed by atoms with Crippen molar-refractivity contribution in [3.8, 4) is 12.3 Å². The molecule has 37 heavy (non-hydrogen) atoms. The first-order valence-corrected chi connectivity index (χ1v) is 11.9. The first-order chi connectivity index (χ1) is 17.8. The van der Waals surface area contributed by atoms with Crippen LogP contribution < -0.4 is 5.69 Å². The molecule has 0 aliphatic carbocycles. The maximum absolute atomic E-state index is 10.8. The second kappa shape index (κ2) is 14.7. The van der Waals surface area contributed by atoms with Crippen LogP contribution in [0, 0.1) is 26.2 Å². The maximum atomic E-state index is 10.8. The zero-order chi connectivity index (χ0) is 27.2. The highest BCUT2D eigenvalue weighted by Crippen LogP contribution is 2.21. The molecule has 4 aromatic rings. The highest BCUT2D eigenvalue weighted by atomic mass is 16.1. The van der Waals surface area contributed by atoms with Gasteiger partial charge in [0.15, 0.2) is 0 Å². The molecule has 4 rings (SSSR count). The predicted molar refractivity (Wildman–Crippen MR) is 155 cm³/mol. The Hall–Kier alpha value is -4.57. The molecule has 0 atom stereocenters. The number of benzene rings is 2. The molecule has 0 bridgehead atoms. The number of rotatable bonds is 4. The quantitative estimate of drug-likeness (QED) is 0.190. The highest BCUT2D eigenvalue weighted by molar-refractivity contribution is 5.83. The number of hydrogen-bond donors (Lipinski definition) is 2. The van der Waals surface area contributed by atoms with Crippen LogP contribution >= 0.6 is 0 Å². The average Bonchev–Trinajstić information content (AvgIpc) is 3.28. The van der Waals surface area contributed by atoms with Crippen LogP contribution in [0.5, 0.6) is 0 Å². The van der Waals surface area contributed by atoms with Gasteiger partial charge >= 0.3 is 5.69 Å². The molecule has 0 spiro atoms. The number of pyridine rings is 1. The Bertz CT molecular complexity index is 1480. The van der Waals surface area contributed by atoms with Crippen LogP contribution in [-0.4, -0.2) is 35.3 Å². The van der Waals surface area contributed by atoms with Gasteiger partial charge in [0, 0.05) is 25.9 Å². The zero-order valence-corrected chi connectivity index (χ0v) is 22.3. The monoisotopic (exact) mass is 494 g/mol. The van der Waals surface area contributed by atoms with E-state index < -0.39 is 0 Å². The number of allylic oxidation sites excluding steroid dienone is 2. The standard InChI is InChI=1S/C12H16N4.C10H10.C8H8N2O/c1-9(5-6-13-3)11-7-10(2)12(8-15-11)16-14-4;1-3-9-5-7-10(4-2)8-6-9;1-5-2-3-6-7(4-5)10-8(11)9-6/h5-8H,1-4H3;1,5-8H,4H2,2H3;2-4H,1H3,(H2,9,10,11)/b9-5+,13-6?,16-14?;;. The van der Waals surface area contributed by atoms with Gasteiger partial charge < -0.3 is 9.97 Å². The fourth-order valence-electron chi connectivity index (χ4n) is 3.23. The molecule has 7 heteroatoms. The van der Waals surface area contributed by atoms with Crippen LogP contribution in [0.25, 0.3) is 16.6 Å². The highest BCUT2D eigenvalue weighted by Gasteiger charge is 2.01. The van der Waals surface area contributed by atoms with Gasteiger partial charge in [0.25, 0.3) is 0 Å². The van der Waals surface area contributed by atoms with E-state index in [1.807, 2.05) is 63.2 Å². The fraction of sp³-hybridized carbons (Fsp3) is 0.233. The molecule has 0 amide bonds. The van der Waals surface area contributed by atoms with Crippen LogP contribution in [0.4, 0.5) is 5.69 Å². The SMILES string of the molecule is C#Cc1ccc(CC)cc1.CN=C/C=C(\C)c1cc(C)c(N=NC)cn1.Cc1ccc2[nH]c(=O)[nH]c2c1. The molecule has 2 aromatic carbocycles. The summed E-state index contributed by atoms with van der Waals surface area (Å²) in [6.45, 7) is 8.12. The molecule has 2 heterocycles. The molecule has 0 saturated heterocycles. The summed E-state index contributed by atoms with van der Waals surface area (Å²) in [4.78, 5) is 24.4. The van der Waals surface area contributed by atoms with Crippen molar-refractivity contribution in [2.75, 3.05) is 14.1 Å². The number of nitrogens with zero attached hydrogens (tertiary/aromatic N) is 4. The number of imidazole rings is 1. The number of H-pyrrole nitrogens is 2. The Morgan fingerprint density at radius 2 is 1.76 bits per heavy atom. The molecule has 2 aromatic heterocycles. The lowest BCUT2D eigenvalue weighted by Crippen LogP contribution is -1.99. The number of terminal acetylenes is 1. The zero-order valence-electron chi connectivity index (χ0n) is 22.3. The molecule has 2 N–H and O–H groups in total.